The molecule has 0 saturated heterocycles. The van der Waals surface area contributed by atoms with E-state index in [-0.39, 0.29) is 0 Å². The lowest BCUT2D eigenvalue weighted by molar-refractivity contribution is 0.294. The Hall–Kier alpha value is -1.74. The fraction of sp³-hybridized carbons (Fsp3) is 0.0833. The highest BCUT2D eigenvalue weighted by Gasteiger charge is 1.97. The average Bonchev–Trinajstić information content (AvgIpc) is 2.30. The first-order chi connectivity index (χ1) is 7.74. The van der Waals surface area contributed by atoms with Crippen molar-refractivity contribution in [3.8, 4) is 5.88 Å². The van der Waals surface area contributed by atoms with E-state index in [0.29, 0.717) is 17.5 Å². The molecule has 2 rings (SSSR count). The first-order valence-corrected chi connectivity index (χ1v) is 5.20. The number of anilines is 1. The molecule has 0 aliphatic heterocycles. The van der Waals surface area contributed by atoms with Crippen LogP contribution in [-0.4, -0.2) is 4.98 Å². The highest BCUT2D eigenvalue weighted by atomic mass is 35.5. The Bertz CT molecular complexity index is 408. The van der Waals surface area contributed by atoms with Crippen molar-refractivity contribution in [3.05, 3.63) is 53.2 Å². The Balaban J connectivity index is 1.97. The van der Waals surface area contributed by atoms with E-state index in [2.05, 4.69) is 4.98 Å². The van der Waals surface area contributed by atoms with Crippen LogP contribution in [-0.2, 0) is 6.61 Å². The quantitative estimate of drug-likeness (QED) is 0.831. The largest absolute Gasteiger partial charge is 0.473 e. The van der Waals surface area contributed by atoms with Crippen LogP contribution in [0.2, 0.25) is 5.02 Å². The van der Waals surface area contributed by atoms with Crippen LogP contribution in [0, 0.1) is 0 Å². The van der Waals surface area contributed by atoms with Gasteiger partial charge in [-0.1, -0.05) is 23.7 Å². The van der Waals surface area contributed by atoms with Crippen LogP contribution in [0.15, 0.2) is 42.6 Å². The van der Waals surface area contributed by atoms with Gasteiger partial charge in [-0.2, -0.15) is 0 Å². The van der Waals surface area contributed by atoms with Gasteiger partial charge >= 0.3 is 0 Å². The Labute approximate surface area is 98.8 Å². The fourth-order valence-corrected chi connectivity index (χ4v) is 1.33. The summed E-state index contributed by atoms with van der Waals surface area (Å²) in [5.74, 6) is 0.557. The summed E-state index contributed by atoms with van der Waals surface area (Å²) in [4.78, 5) is 4.03. The summed E-state index contributed by atoms with van der Waals surface area (Å²) in [5.41, 5.74) is 7.37. The zero-order chi connectivity index (χ0) is 11.4. The van der Waals surface area contributed by atoms with E-state index in [1.807, 2.05) is 24.3 Å². The van der Waals surface area contributed by atoms with Crippen molar-refractivity contribution in [1.82, 2.24) is 4.98 Å². The Morgan fingerprint density at radius 3 is 2.50 bits per heavy atom. The van der Waals surface area contributed by atoms with Gasteiger partial charge in [-0.3, -0.25) is 0 Å². The number of benzene rings is 1. The smallest absolute Gasteiger partial charge is 0.213 e. The first kappa shape index (κ1) is 10.8. The highest BCUT2D eigenvalue weighted by molar-refractivity contribution is 6.30. The number of hydrogen-bond donors (Lipinski definition) is 1. The number of pyridine rings is 1. The number of rotatable bonds is 3. The summed E-state index contributed by atoms with van der Waals surface area (Å²) in [5, 5.41) is 0.597. The molecular weight excluding hydrogens is 224 g/mol. The van der Waals surface area contributed by atoms with Crippen LogP contribution in [0.1, 0.15) is 5.56 Å². The molecule has 0 bridgehead atoms. The van der Waals surface area contributed by atoms with Gasteiger partial charge in [0.15, 0.2) is 0 Å². The van der Waals surface area contributed by atoms with Crippen molar-refractivity contribution in [2.75, 3.05) is 5.73 Å². The van der Waals surface area contributed by atoms with Gasteiger partial charge in [0, 0.05) is 18.0 Å². The van der Waals surface area contributed by atoms with Crippen LogP contribution in [0.4, 0.5) is 5.69 Å². The molecule has 16 heavy (non-hydrogen) atoms. The van der Waals surface area contributed by atoms with Crippen LogP contribution >= 0.6 is 11.6 Å². The molecule has 0 radical (unpaired) electrons. The molecule has 0 saturated carbocycles. The lowest BCUT2D eigenvalue weighted by atomic mass is 10.2. The predicted octanol–water partition coefficient (Wildman–Crippen LogP) is 2.90. The average molecular weight is 235 g/mol. The Morgan fingerprint density at radius 2 is 1.88 bits per heavy atom. The number of nitrogens with two attached hydrogens (primary N) is 1. The normalized spacial score (nSPS) is 10.1. The van der Waals surface area contributed by atoms with Crippen molar-refractivity contribution in [3.63, 3.8) is 0 Å². The second-order valence-corrected chi connectivity index (χ2v) is 3.78. The summed E-state index contributed by atoms with van der Waals surface area (Å²) in [7, 11) is 0. The van der Waals surface area contributed by atoms with Gasteiger partial charge in [-0.05, 0) is 23.8 Å². The van der Waals surface area contributed by atoms with Crippen molar-refractivity contribution in [1.29, 1.82) is 0 Å². The van der Waals surface area contributed by atoms with Crippen molar-refractivity contribution in [2.45, 2.75) is 6.61 Å². The molecule has 2 N–H and O–H groups in total. The first-order valence-electron chi connectivity index (χ1n) is 4.83. The van der Waals surface area contributed by atoms with Crippen LogP contribution in [0.25, 0.3) is 0 Å². The second-order valence-electron chi connectivity index (χ2n) is 3.34. The molecule has 0 aliphatic carbocycles. The van der Waals surface area contributed by atoms with E-state index < -0.39 is 0 Å². The van der Waals surface area contributed by atoms with E-state index in [1.54, 1.807) is 18.3 Å². The van der Waals surface area contributed by atoms with Gasteiger partial charge in [0.25, 0.3) is 0 Å². The van der Waals surface area contributed by atoms with Gasteiger partial charge in [0.1, 0.15) is 6.61 Å². The molecular formula is C12H11ClN2O. The lowest BCUT2D eigenvalue weighted by Crippen LogP contribution is -1.97. The molecule has 0 amide bonds. The third kappa shape index (κ3) is 2.87. The van der Waals surface area contributed by atoms with Crippen molar-refractivity contribution < 1.29 is 4.74 Å². The minimum atomic E-state index is 0.467. The van der Waals surface area contributed by atoms with E-state index in [4.69, 9.17) is 22.1 Å². The van der Waals surface area contributed by atoms with Gasteiger partial charge in [0.05, 0.1) is 5.02 Å². The summed E-state index contributed by atoms with van der Waals surface area (Å²) in [6.45, 7) is 0.467. The van der Waals surface area contributed by atoms with Crippen LogP contribution in [0.5, 0.6) is 5.88 Å². The van der Waals surface area contributed by atoms with Gasteiger partial charge < -0.3 is 10.5 Å². The zero-order valence-electron chi connectivity index (χ0n) is 8.56. The van der Waals surface area contributed by atoms with Crippen molar-refractivity contribution >= 4 is 17.3 Å². The third-order valence-electron chi connectivity index (χ3n) is 2.07. The standard InChI is InChI=1S/C12H11ClN2O/c13-10-3-6-12(15-7-10)16-8-9-1-4-11(14)5-2-9/h1-7H,8,14H2. The number of aromatic nitrogens is 1. The molecule has 1 aromatic carbocycles. The molecule has 0 atom stereocenters. The number of hydrogen-bond acceptors (Lipinski definition) is 3. The molecule has 1 heterocycles. The van der Waals surface area contributed by atoms with Crippen molar-refractivity contribution in [2.24, 2.45) is 0 Å². The SMILES string of the molecule is Nc1ccc(COc2ccc(Cl)cn2)cc1. The molecule has 0 aliphatic rings. The highest BCUT2D eigenvalue weighted by Crippen LogP contribution is 2.13. The third-order valence-corrected chi connectivity index (χ3v) is 2.29. The molecule has 0 unspecified atom stereocenters. The minimum Gasteiger partial charge on any atom is -0.473 e. The van der Waals surface area contributed by atoms with E-state index in [1.165, 1.54) is 0 Å². The maximum Gasteiger partial charge on any atom is 0.213 e. The summed E-state index contributed by atoms with van der Waals surface area (Å²) >= 11 is 5.71. The predicted molar refractivity (Wildman–Crippen MR) is 64.4 cm³/mol. The minimum absolute atomic E-state index is 0.467. The Morgan fingerprint density at radius 1 is 1.12 bits per heavy atom. The molecule has 3 nitrogen and oxygen atoms in total. The zero-order valence-corrected chi connectivity index (χ0v) is 9.32. The van der Waals surface area contributed by atoms with Crippen LogP contribution < -0.4 is 10.5 Å². The van der Waals surface area contributed by atoms with E-state index in [9.17, 15) is 0 Å². The number of ether oxygens (including phenoxy) is 1. The maximum absolute atomic E-state index is 5.71. The number of nitrogens with zero attached hydrogens (tertiary/aromatic N) is 1. The molecule has 82 valence electrons. The van der Waals surface area contributed by atoms with Crippen LogP contribution in [0.3, 0.4) is 0 Å². The monoisotopic (exact) mass is 234 g/mol. The fourth-order valence-electron chi connectivity index (χ4n) is 1.22. The lowest BCUT2D eigenvalue weighted by Gasteiger charge is -2.05. The molecule has 0 spiro atoms. The summed E-state index contributed by atoms with van der Waals surface area (Å²) in [6, 6.07) is 11.0. The topological polar surface area (TPSA) is 48.1 Å². The number of nitrogen functional groups attached to an aromatic ring is 1. The summed E-state index contributed by atoms with van der Waals surface area (Å²) < 4.78 is 5.48. The molecule has 2 aromatic rings. The van der Waals surface area contributed by atoms with E-state index >= 15 is 0 Å². The molecule has 0 fully saturated rings. The molecule has 1 aromatic heterocycles. The maximum atomic E-state index is 5.71. The Kier molecular flexibility index (Phi) is 3.27. The van der Waals surface area contributed by atoms with E-state index in [0.717, 1.165) is 11.3 Å². The van der Waals surface area contributed by atoms with Gasteiger partial charge in [-0.15, -0.1) is 0 Å². The summed E-state index contributed by atoms with van der Waals surface area (Å²) in [6.07, 6.45) is 1.56. The second kappa shape index (κ2) is 4.86. The number of halogens is 1. The van der Waals surface area contributed by atoms with Gasteiger partial charge in [-0.25, -0.2) is 4.98 Å². The van der Waals surface area contributed by atoms with Gasteiger partial charge in [0.2, 0.25) is 5.88 Å². The molecule has 4 heteroatoms.